The molecular formula is C15H24N4O. The second-order valence-corrected chi connectivity index (χ2v) is 6.87. The van der Waals surface area contributed by atoms with Crippen LogP contribution in [0.4, 0.5) is 0 Å². The van der Waals surface area contributed by atoms with E-state index in [1.165, 1.54) is 0 Å². The maximum atomic E-state index is 13.1. The van der Waals surface area contributed by atoms with E-state index in [2.05, 4.69) is 24.3 Å². The van der Waals surface area contributed by atoms with Crippen molar-refractivity contribution in [2.24, 2.45) is 5.41 Å². The van der Waals surface area contributed by atoms with E-state index in [-0.39, 0.29) is 11.3 Å². The standard InChI is InChI=1S/C15H24N4O/c1-14(2)6-11-18(12-14)13(20)15(4-8-16-9-5-15)19-10-3-7-17-19/h3,7,10,16H,4-6,8-9,11-12H2,1-2H3. The Balaban J connectivity index is 1.88. The van der Waals surface area contributed by atoms with Crippen molar-refractivity contribution < 1.29 is 4.79 Å². The molecule has 0 atom stereocenters. The monoisotopic (exact) mass is 276 g/mol. The van der Waals surface area contributed by atoms with E-state index in [9.17, 15) is 4.79 Å². The lowest BCUT2D eigenvalue weighted by molar-refractivity contribution is -0.142. The molecule has 0 aromatic carbocycles. The second-order valence-electron chi connectivity index (χ2n) is 6.87. The van der Waals surface area contributed by atoms with Crippen LogP contribution in [0.15, 0.2) is 18.5 Å². The van der Waals surface area contributed by atoms with Crippen molar-refractivity contribution in [1.82, 2.24) is 20.0 Å². The highest BCUT2D eigenvalue weighted by Crippen LogP contribution is 2.35. The molecule has 0 saturated carbocycles. The molecule has 0 aliphatic carbocycles. The molecule has 0 bridgehead atoms. The SMILES string of the molecule is CC1(C)CCN(C(=O)C2(n3cccn3)CCNCC2)C1. The minimum atomic E-state index is -0.477. The number of nitrogens with one attached hydrogen (secondary N) is 1. The number of hydrogen-bond donors (Lipinski definition) is 1. The molecule has 2 fully saturated rings. The van der Waals surface area contributed by atoms with E-state index in [1.807, 2.05) is 21.8 Å². The Morgan fingerprint density at radius 2 is 2.00 bits per heavy atom. The number of hydrogen-bond acceptors (Lipinski definition) is 3. The third-order valence-corrected chi connectivity index (χ3v) is 4.74. The molecule has 0 unspecified atom stereocenters. The van der Waals surface area contributed by atoms with Crippen LogP contribution in [0, 0.1) is 5.41 Å². The quantitative estimate of drug-likeness (QED) is 0.883. The van der Waals surface area contributed by atoms with Crippen molar-refractivity contribution in [3.05, 3.63) is 18.5 Å². The molecule has 2 saturated heterocycles. The van der Waals surface area contributed by atoms with Crippen LogP contribution in [0.3, 0.4) is 0 Å². The van der Waals surface area contributed by atoms with E-state index < -0.39 is 5.54 Å². The van der Waals surface area contributed by atoms with Crippen LogP contribution < -0.4 is 5.32 Å². The van der Waals surface area contributed by atoms with Crippen molar-refractivity contribution in [1.29, 1.82) is 0 Å². The summed E-state index contributed by atoms with van der Waals surface area (Å²) in [6.45, 7) is 7.98. The number of rotatable bonds is 2. The van der Waals surface area contributed by atoms with Crippen molar-refractivity contribution in [3.63, 3.8) is 0 Å². The summed E-state index contributed by atoms with van der Waals surface area (Å²) in [6.07, 6.45) is 6.44. The fourth-order valence-electron chi connectivity index (χ4n) is 3.48. The Morgan fingerprint density at radius 3 is 2.55 bits per heavy atom. The van der Waals surface area contributed by atoms with Crippen LogP contribution >= 0.6 is 0 Å². The maximum Gasteiger partial charge on any atom is 0.250 e. The van der Waals surface area contributed by atoms with Crippen LogP contribution in [-0.2, 0) is 10.3 Å². The maximum absolute atomic E-state index is 13.1. The molecule has 1 N–H and O–H groups in total. The molecule has 1 amide bonds. The Kier molecular flexibility index (Phi) is 3.32. The number of piperidine rings is 1. The van der Waals surface area contributed by atoms with Gasteiger partial charge in [-0.05, 0) is 43.8 Å². The highest BCUT2D eigenvalue weighted by molar-refractivity contribution is 5.85. The third-order valence-electron chi connectivity index (χ3n) is 4.74. The van der Waals surface area contributed by atoms with Crippen molar-refractivity contribution in [2.75, 3.05) is 26.2 Å². The summed E-state index contributed by atoms with van der Waals surface area (Å²) in [4.78, 5) is 15.2. The molecule has 0 radical (unpaired) electrons. The van der Waals surface area contributed by atoms with Gasteiger partial charge in [-0.25, -0.2) is 0 Å². The van der Waals surface area contributed by atoms with Gasteiger partial charge in [-0.15, -0.1) is 0 Å². The minimum absolute atomic E-state index is 0.244. The first-order valence-corrected chi connectivity index (χ1v) is 7.54. The van der Waals surface area contributed by atoms with Crippen LogP contribution in [-0.4, -0.2) is 46.8 Å². The third kappa shape index (κ3) is 2.24. The lowest BCUT2D eigenvalue weighted by Crippen LogP contribution is -2.55. The molecule has 5 heteroatoms. The first-order valence-electron chi connectivity index (χ1n) is 7.54. The van der Waals surface area contributed by atoms with Crippen LogP contribution in [0.5, 0.6) is 0 Å². The molecule has 2 aliphatic heterocycles. The predicted octanol–water partition coefficient (Wildman–Crippen LogP) is 1.22. The van der Waals surface area contributed by atoms with Crippen molar-refractivity contribution in [2.45, 2.75) is 38.6 Å². The average molecular weight is 276 g/mol. The summed E-state index contributed by atoms with van der Waals surface area (Å²) in [5, 5.41) is 7.73. The van der Waals surface area contributed by atoms with Crippen LogP contribution in [0.2, 0.25) is 0 Å². The average Bonchev–Trinajstić information content (AvgIpc) is 3.08. The smallest absolute Gasteiger partial charge is 0.250 e. The number of likely N-dealkylation sites (tertiary alicyclic amines) is 1. The zero-order chi connectivity index (χ0) is 14.2. The first kappa shape index (κ1) is 13.6. The van der Waals surface area contributed by atoms with E-state index in [4.69, 9.17) is 0 Å². The number of carbonyl (C=O) groups is 1. The fourth-order valence-corrected chi connectivity index (χ4v) is 3.48. The second kappa shape index (κ2) is 4.88. The van der Waals surface area contributed by atoms with E-state index >= 15 is 0 Å². The van der Waals surface area contributed by atoms with E-state index in [1.54, 1.807) is 6.20 Å². The molecule has 0 spiro atoms. The Labute approximate surface area is 120 Å². The van der Waals surface area contributed by atoms with Crippen molar-refractivity contribution in [3.8, 4) is 0 Å². The number of carbonyl (C=O) groups excluding carboxylic acids is 1. The normalized spacial score (nSPS) is 24.8. The Hall–Kier alpha value is -1.36. The van der Waals surface area contributed by atoms with Gasteiger partial charge in [0.1, 0.15) is 5.54 Å². The molecule has 20 heavy (non-hydrogen) atoms. The predicted molar refractivity (Wildman–Crippen MR) is 77.3 cm³/mol. The van der Waals surface area contributed by atoms with Crippen LogP contribution in [0.25, 0.3) is 0 Å². The van der Waals surface area contributed by atoms with Gasteiger partial charge in [-0.2, -0.15) is 5.10 Å². The van der Waals surface area contributed by atoms with E-state index in [0.717, 1.165) is 45.4 Å². The van der Waals surface area contributed by atoms with Gasteiger partial charge in [-0.1, -0.05) is 13.8 Å². The molecule has 1 aromatic heterocycles. The fraction of sp³-hybridized carbons (Fsp3) is 0.733. The lowest BCUT2D eigenvalue weighted by atomic mass is 9.86. The van der Waals surface area contributed by atoms with Gasteiger partial charge >= 0.3 is 0 Å². The molecule has 3 rings (SSSR count). The molecule has 5 nitrogen and oxygen atoms in total. The largest absolute Gasteiger partial charge is 0.340 e. The van der Waals surface area contributed by atoms with Gasteiger partial charge in [-0.3, -0.25) is 9.48 Å². The van der Waals surface area contributed by atoms with Gasteiger partial charge in [0.05, 0.1) is 0 Å². The summed E-state index contributed by atoms with van der Waals surface area (Å²) in [5.41, 5.74) is -0.233. The minimum Gasteiger partial charge on any atom is -0.340 e. The molecule has 3 heterocycles. The van der Waals surface area contributed by atoms with Gasteiger partial charge in [0, 0.05) is 25.5 Å². The van der Waals surface area contributed by atoms with Crippen molar-refractivity contribution >= 4 is 5.91 Å². The van der Waals surface area contributed by atoms with E-state index in [0.29, 0.717) is 0 Å². The summed E-state index contributed by atoms with van der Waals surface area (Å²) in [5.74, 6) is 0.258. The molecule has 110 valence electrons. The van der Waals surface area contributed by atoms with Crippen LogP contribution in [0.1, 0.15) is 33.1 Å². The zero-order valence-electron chi connectivity index (χ0n) is 12.4. The zero-order valence-corrected chi connectivity index (χ0v) is 12.4. The number of aromatic nitrogens is 2. The van der Waals surface area contributed by atoms with Gasteiger partial charge in [0.25, 0.3) is 5.91 Å². The highest BCUT2D eigenvalue weighted by atomic mass is 16.2. The van der Waals surface area contributed by atoms with Gasteiger partial charge in [0.15, 0.2) is 0 Å². The molecule has 2 aliphatic rings. The first-order chi connectivity index (χ1) is 9.54. The lowest BCUT2D eigenvalue weighted by Gasteiger charge is -2.39. The van der Waals surface area contributed by atoms with Gasteiger partial charge < -0.3 is 10.2 Å². The topological polar surface area (TPSA) is 50.2 Å². The molecular weight excluding hydrogens is 252 g/mol. The summed E-state index contributed by atoms with van der Waals surface area (Å²) in [6, 6.07) is 1.91. The Bertz CT molecular complexity index is 474. The number of nitrogens with zero attached hydrogens (tertiary/aromatic N) is 3. The summed E-state index contributed by atoms with van der Waals surface area (Å²) < 4.78 is 1.89. The summed E-state index contributed by atoms with van der Waals surface area (Å²) >= 11 is 0. The van der Waals surface area contributed by atoms with Gasteiger partial charge in [0.2, 0.25) is 0 Å². The number of amides is 1. The highest BCUT2D eigenvalue weighted by Gasteiger charge is 2.46. The summed E-state index contributed by atoms with van der Waals surface area (Å²) in [7, 11) is 0. The molecule has 1 aromatic rings. The Morgan fingerprint density at radius 1 is 1.25 bits per heavy atom.